The standard InChI is InChI=1S/C17H33N/c1-5-12-18-16(13-6-7-13)14-8-10-15(11-9-14)17(2,3)4/h13-16,18H,5-12H2,1-4H3. The van der Waals surface area contributed by atoms with Crippen LogP contribution in [0.3, 0.4) is 0 Å². The van der Waals surface area contributed by atoms with Crippen LogP contribution >= 0.6 is 0 Å². The second-order valence-electron chi connectivity index (χ2n) is 7.80. The van der Waals surface area contributed by atoms with Gasteiger partial charge in [0.2, 0.25) is 0 Å². The van der Waals surface area contributed by atoms with Gasteiger partial charge in [-0.2, -0.15) is 0 Å². The summed E-state index contributed by atoms with van der Waals surface area (Å²) in [5, 5.41) is 3.85. The molecule has 0 saturated heterocycles. The fourth-order valence-corrected chi connectivity index (χ4v) is 3.83. The predicted molar refractivity (Wildman–Crippen MR) is 79.7 cm³/mol. The Morgan fingerprint density at radius 2 is 1.44 bits per heavy atom. The molecule has 0 aromatic rings. The van der Waals surface area contributed by atoms with Crippen molar-refractivity contribution in [2.24, 2.45) is 23.2 Å². The van der Waals surface area contributed by atoms with E-state index in [9.17, 15) is 0 Å². The Morgan fingerprint density at radius 3 is 1.83 bits per heavy atom. The third-order valence-electron chi connectivity index (χ3n) is 5.26. The third kappa shape index (κ3) is 3.73. The monoisotopic (exact) mass is 251 g/mol. The lowest BCUT2D eigenvalue weighted by Gasteiger charge is -2.40. The fourth-order valence-electron chi connectivity index (χ4n) is 3.83. The van der Waals surface area contributed by atoms with Gasteiger partial charge >= 0.3 is 0 Å². The lowest BCUT2D eigenvalue weighted by Crippen LogP contribution is -2.41. The van der Waals surface area contributed by atoms with Gasteiger partial charge in [0.05, 0.1) is 0 Å². The van der Waals surface area contributed by atoms with E-state index in [1.54, 1.807) is 0 Å². The Bertz CT molecular complexity index is 241. The summed E-state index contributed by atoms with van der Waals surface area (Å²) in [6.45, 7) is 10.8. The first kappa shape index (κ1) is 14.4. The van der Waals surface area contributed by atoms with Crippen molar-refractivity contribution in [3.8, 4) is 0 Å². The first-order chi connectivity index (χ1) is 8.52. The van der Waals surface area contributed by atoms with E-state index in [0.717, 1.165) is 23.8 Å². The topological polar surface area (TPSA) is 12.0 Å². The second kappa shape index (κ2) is 5.94. The summed E-state index contributed by atoms with van der Waals surface area (Å²) in [5.74, 6) is 2.95. The van der Waals surface area contributed by atoms with E-state index in [1.807, 2.05) is 0 Å². The van der Waals surface area contributed by atoms with Gasteiger partial charge in [0, 0.05) is 6.04 Å². The molecule has 0 aliphatic heterocycles. The van der Waals surface area contributed by atoms with Crippen LogP contribution in [0.25, 0.3) is 0 Å². The Hall–Kier alpha value is -0.0400. The first-order valence-electron chi connectivity index (χ1n) is 8.25. The number of hydrogen-bond acceptors (Lipinski definition) is 1. The lowest BCUT2D eigenvalue weighted by molar-refractivity contribution is 0.127. The van der Waals surface area contributed by atoms with Crippen LogP contribution in [0.5, 0.6) is 0 Å². The van der Waals surface area contributed by atoms with E-state index in [4.69, 9.17) is 0 Å². The van der Waals surface area contributed by atoms with Crippen molar-refractivity contribution in [1.82, 2.24) is 5.32 Å². The molecule has 0 spiro atoms. The van der Waals surface area contributed by atoms with Crippen molar-refractivity contribution in [3.05, 3.63) is 0 Å². The molecule has 0 aromatic heterocycles. The second-order valence-corrected chi connectivity index (χ2v) is 7.80. The van der Waals surface area contributed by atoms with Crippen LogP contribution in [0.2, 0.25) is 0 Å². The zero-order valence-electron chi connectivity index (χ0n) is 13.0. The van der Waals surface area contributed by atoms with E-state index in [-0.39, 0.29) is 0 Å². The van der Waals surface area contributed by atoms with Crippen molar-refractivity contribution in [2.75, 3.05) is 6.54 Å². The van der Waals surface area contributed by atoms with E-state index < -0.39 is 0 Å². The highest BCUT2D eigenvalue weighted by Crippen LogP contribution is 2.45. The maximum atomic E-state index is 3.85. The largest absolute Gasteiger partial charge is 0.313 e. The summed E-state index contributed by atoms with van der Waals surface area (Å²) >= 11 is 0. The summed E-state index contributed by atoms with van der Waals surface area (Å²) in [6.07, 6.45) is 10.1. The van der Waals surface area contributed by atoms with E-state index in [0.29, 0.717) is 5.41 Å². The highest BCUT2D eigenvalue weighted by Gasteiger charge is 2.39. The molecule has 2 rings (SSSR count). The Morgan fingerprint density at radius 1 is 0.944 bits per heavy atom. The van der Waals surface area contributed by atoms with Crippen LogP contribution in [0.15, 0.2) is 0 Å². The molecule has 1 unspecified atom stereocenters. The maximum Gasteiger partial charge on any atom is 0.0124 e. The predicted octanol–water partition coefficient (Wildman–Crippen LogP) is 4.62. The summed E-state index contributed by atoms with van der Waals surface area (Å²) in [4.78, 5) is 0. The molecule has 2 aliphatic carbocycles. The summed E-state index contributed by atoms with van der Waals surface area (Å²) in [7, 11) is 0. The summed E-state index contributed by atoms with van der Waals surface area (Å²) < 4.78 is 0. The van der Waals surface area contributed by atoms with Gasteiger partial charge in [-0.25, -0.2) is 0 Å². The van der Waals surface area contributed by atoms with Gasteiger partial charge in [0.15, 0.2) is 0 Å². The molecule has 2 saturated carbocycles. The minimum atomic E-state index is 0.525. The smallest absolute Gasteiger partial charge is 0.0124 e. The summed E-state index contributed by atoms with van der Waals surface area (Å²) in [5.41, 5.74) is 0.525. The number of rotatable bonds is 5. The quantitative estimate of drug-likeness (QED) is 0.752. The molecule has 1 N–H and O–H groups in total. The van der Waals surface area contributed by atoms with Crippen molar-refractivity contribution in [1.29, 1.82) is 0 Å². The van der Waals surface area contributed by atoms with Crippen molar-refractivity contribution >= 4 is 0 Å². The van der Waals surface area contributed by atoms with Crippen molar-refractivity contribution < 1.29 is 0 Å². The van der Waals surface area contributed by atoms with Crippen LogP contribution in [0, 0.1) is 23.2 Å². The first-order valence-corrected chi connectivity index (χ1v) is 8.25. The van der Waals surface area contributed by atoms with Crippen molar-refractivity contribution in [2.45, 2.75) is 78.7 Å². The van der Waals surface area contributed by atoms with E-state index in [1.165, 1.54) is 51.5 Å². The van der Waals surface area contributed by atoms with E-state index in [2.05, 4.69) is 33.0 Å². The average Bonchev–Trinajstić information content (AvgIpc) is 3.13. The third-order valence-corrected chi connectivity index (χ3v) is 5.26. The average molecular weight is 251 g/mol. The molecule has 0 heterocycles. The van der Waals surface area contributed by atoms with Crippen LogP contribution in [-0.4, -0.2) is 12.6 Å². The highest BCUT2D eigenvalue weighted by atomic mass is 14.9. The van der Waals surface area contributed by atoms with Gasteiger partial charge in [-0.05, 0) is 74.7 Å². The Kier molecular flexibility index (Phi) is 4.75. The van der Waals surface area contributed by atoms with Crippen LogP contribution in [0.4, 0.5) is 0 Å². The molecular formula is C17H33N. The zero-order chi connectivity index (χ0) is 13.2. The molecule has 0 radical (unpaired) electrons. The normalized spacial score (nSPS) is 31.3. The van der Waals surface area contributed by atoms with Gasteiger partial charge < -0.3 is 5.32 Å². The molecule has 1 heteroatoms. The Labute approximate surface area is 114 Å². The number of hydrogen-bond donors (Lipinski definition) is 1. The molecule has 0 amide bonds. The molecule has 2 aliphatic rings. The molecule has 2 fully saturated rings. The summed E-state index contributed by atoms with van der Waals surface area (Å²) in [6, 6.07) is 0.853. The van der Waals surface area contributed by atoms with Gasteiger partial charge in [0.25, 0.3) is 0 Å². The fraction of sp³-hybridized carbons (Fsp3) is 1.00. The number of nitrogens with one attached hydrogen (secondary N) is 1. The molecule has 1 atom stereocenters. The van der Waals surface area contributed by atoms with Gasteiger partial charge in [-0.1, -0.05) is 27.7 Å². The van der Waals surface area contributed by atoms with E-state index >= 15 is 0 Å². The highest BCUT2D eigenvalue weighted by molar-refractivity contribution is 4.93. The maximum absolute atomic E-state index is 3.85. The molecule has 106 valence electrons. The van der Waals surface area contributed by atoms with Crippen LogP contribution in [0.1, 0.15) is 72.6 Å². The Balaban J connectivity index is 1.83. The minimum absolute atomic E-state index is 0.525. The lowest BCUT2D eigenvalue weighted by atomic mass is 9.68. The molecule has 0 bridgehead atoms. The van der Waals surface area contributed by atoms with Crippen LogP contribution < -0.4 is 5.32 Å². The minimum Gasteiger partial charge on any atom is -0.313 e. The van der Waals surface area contributed by atoms with Crippen LogP contribution in [-0.2, 0) is 0 Å². The van der Waals surface area contributed by atoms with Gasteiger partial charge in [-0.3, -0.25) is 0 Å². The molecule has 0 aromatic carbocycles. The van der Waals surface area contributed by atoms with Crippen molar-refractivity contribution in [3.63, 3.8) is 0 Å². The molecule has 1 nitrogen and oxygen atoms in total. The zero-order valence-corrected chi connectivity index (χ0v) is 13.0. The SMILES string of the molecule is CCCNC(C1CC1)C1CCC(C(C)(C)C)CC1. The van der Waals surface area contributed by atoms with Gasteiger partial charge in [0.1, 0.15) is 0 Å². The molecule has 18 heavy (non-hydrogen) atoms. The van der Waals surface area contributed by atoms with Gasteiger partial charge in [-0.15, -0.1) is 0 Å². The molecular weight excluding hydrogens is 218 g/mol.